The normalized spacial score (nSPS) is 17.0. The lowest BCUT2D eigenvalue weighted by molar-refractivity contribution is 0.0723. The maximum Gasteiger partial charge on any atom is 0.276 e. The molecule has 2 aromatic rings. The molecule has 0 aliphatic carbocycles. The molecule has 0 bridgehead atoms. The molecule has 2 heterocycles. The first kappa shape index (κ1) is 17.6. The van der Waals surface area contributed by atoms with Gasteiger partial charge < -0.3 is 9.64 Å². The molecule has 1 aromatic heterocycles. The van der Waals surface area contributed by atoms with Gasteiger partial charge in [0.1, 0.15) is 0 Å². The molecule has 1 amide bonds. The van der Waals surface area contributed by atoms with Crippen LogP contribution in [0, 0.1) is 26.7 Å². The molecule has 1 atom stereocenters. The molecular formula is C19H26N4O2. The monoisotopic (exact) mass is 342 g/mol. The van der Waals surface area contributed by atoms with Crippen LogP contribution in [0.1, 0.15) is 40.7 Å². The third-order valence-corrected chi connectivity index (χ3v) is 4.72. The molecule has 1 saturated heterocycles. The molecule has 0 saturated carbocycles. The lowest BCUT2D eigenvalue weighted by Crippen LogP contribution is -2.36. The Bertz CT molecular complexity index is 763. The van der Waals surface area contributed by atoms with Crippen molar-refractivity contribution in [3.8, 4) is 5.69 Å². The summed E-state index contributed by atoms with van der Waals surface area (Å²) in [5.41, 5.74) is 4.27. The van der Waals surface area contributed by atoms with Gasteiger partial charge in [0, 0.05) is 25.6 Å². The summed E-state index contributed by atoms with van der Waals surface area (Å²) in [7, 11) is 0. The van der Waals surface area contributed by atoms with Crippen LogP contribution >= 0.6 is 0 Å². The predicted molar refractivity (Wildman–Crippen MR) is 96.1 cm³/mol. The molecule has 0 radical (unpaired) electrons. The van der Waals surface area contributed by atoms with E-state index >= 15 is 0 Å². The third kappa shape index (κ3) is 3.74. The first-order valence-corrected chi connectivity index (χ1v) is 8.88. The Labute approximate surface area is 148 Å². The second-order valence-corrected chi connectivity index (χ2v) is 6.79. The number of amides is 1. The van der Waals surface area contributed by atoms with Gasteiger partial charge in [0.05, 0.1) is 18.0 Å². The molecule has 0 spiro atoms. The van der Waals surface area contributed by atoms with E-state index in [1.54, 1.807) is 4.80 Å². The largest absolute Gasteiger partial charge is 0.381 e. The highest BCUT2D eigenvalue weighted by atomic mass is 16.5. The number of nitrogens with zero attached hydrogens (tertiary/aromatic N) is 4. The molecule has 3 rings (SSSR count). The summed E-state index contributed by atoms with van der Waals surface area (Å²) in [5, 5.41) is 8.97. The van der Waals surface area contributed by atoms with E-state index in [0.29, 0.717) is 30.4 Å². The molecule has 6 heteroatoms. The van der Waals surface area contributed by atoms with Crippen LogP contribution in [0.4, 0.5) is 0 Å². The number of hydrogen-bond acceptors (Lipinski definition) is 4. The number of ether oxygens (including phenoxy) is 1. The van der Waals surface area contributed by atoms with Crippen molar-refractivity contribution in [2.24, 2.45) is 5.92 Å². The fourth-order valence-corrected chi connectivity index (χ4v) is 3.26. The first-order chi connectivity index (χ1) is 12.0. The summed E-state index contributed by atoms with van der Waals surface area (Å²) >= 11 is 0. The second kappa shape index (κ2) is 7.35. The average Bonchev–Trinajstić information content (AvgIpc) is 3.21. The number of carbonyl (C=O) groups is 1. The number of aryl methyl sites for hydroxylation is 3. The molecule has 0 N–H and O–H groups in total. The van der Waals surface area contributed by atoms with Crippen LogP contribution in [0.2, 0.25) is 0 Å². The highest BCUT2D eigenvalue weighted by Crippen LogP contribution is 2.18. The Morgan fingerprint density at radius 1 is 1.32 bits per heavy atom. The van der Waals surface area contributed by atoms with Gasteiger partial charge in [-0.25, -0.2) is 0 Å². The molecule has 1 aromatic carbocycles. The van der Waals surface area contributed by atoms with Crippen molar-refractivity contribution in [3.63, 3.8) is 0 Å². The maximum atomic E-state index is 12.9. The lowest BCUT2D eigenvalue weighted by Gasteiger charge is -2.22. The average molecular weight is 342 g/mol. The zero-order valence-corrected chi connectivity index (χ0v) is 15.5. The Balaban J connectivity index is 1.84. The van der Waals surface area contributed by atoms with Crippen LogP contribution in [-0.4, -0.2) is 52.1 Å². The van der Waals surface area contributed by atoms with Crippen molar-refractivity contribution in [3.05, 3.63) is 40.7 Å². The van der Waals surface area contributed by atoms with E-state index in [-0.39, 0.29) is 5.91 Å². The molecular weight excluding hydrogens is 316 g/mol. The van der Waals surface area contributed by atoms with Crippen LogP contribution in [0.15, 0.2) is 18.2 Å². The Morgan fingerprint density at radius 2 is 2.12 bits per heavy atom. The van der Waals surface area contributed by atoms with Gasteiger partial charge in [-0.05, 0) is 45.7 Å². The van der Waals surface area contributed by atoms with E-state index in [1.165, 1.54) is 5.56 Å². The quantitative estimate of drug-likeness (QED) is 0.838. The van der Waals surface area contributed by atoms with Gasteiger partial charge in [-0.15, -0.1) is 5.10 Å². The van der Waals surface area contributed by atoms with E-state index in [4.69, 9.17) is 4.74 Å². The van der Waals surface area contributed by atoms with E-state index in [2.05, 4.69) is 23.2 Å². The number of rotatable bonds is 5. The van der Waals surface area contributed by atoms with Crippen molar-refractivity contribution in [1.82, 2.24) is 19.9 Å². The summed E-state index contributed by atoms with van der Waals surface area (Å²) in [4.78, 5) is 16.4. The minimum atomic E-state index is -0.0529. The van der Waals surface area contributed by atoms with E-state index in [1.807, 2.05) is 37.8 Å². The van der Waals surface area contributed by atoms with Gasteiger partial charge >= 0.3 is 0 Å². The summed E-state index contributed by atoms with van der Waals surface area (Å²) in [6, 6.07) is 6.11. The Kier molecular flexibility index (Phi) is 5.18. The first-order valence-electron chi connectivity index (χ1n) is 8.88. The fraction of sp³-hybridized carbons (Fsp3) is 0.526. The van der Waals surface area contributed by atoms with Crippen LogP contribution in [0.25, 0.3) is 5.69 Å². The minimum Gasteiger partial charge on any atom is -0.381 e. The van der Waals surface area contributed by atoms with Gasteiger partial charge in [-0.3, -0.25) is 4.79 Å². The number of benzene rings is 1. The number of hydrogen-bond donors (Lipinski definition) is 0. The SMILES string of the molecule is CCN(CC1CCOC1)C(=O)c1nn(-c2ccc(C)cc2C)nc1C. The molecule has 134 valence electrons. The Hall–Kier alpha value is -2.21. The summed E-state index contributed by atoms with van der Waals surface area (Å²) in [6.45, 7) is 10.8. The topological polar surface area (TPSA) is 60.2 Å². The molecule has 1 aliphatic rings. The standard InChI is InChI=1S/C19H26N4O2/c1-5-22(11-16-8-9-25-12-16)19(24)18-15(4)20-23(21-18)17-7-6-13(2)10-14(17)3/h6-7,10,16H,5,8-9,11-12H2,1-4H3. The van der Waals surface area contributed by atoms with Crippen molar-refractivity contribution in [1.29, 1.82) is 0 Å². The van der Waals surface area contributed by atoms with Gasteiger partial charge in [0.15, 0.2) is 5.69 Å². The van der Waals surface area contributed by atoms with Crippen molar-refractivity contribution in [2.45, 2.75) is 34.1 Å². The number of carbonyl (C=O) groups excluding carboxylic acids is 1. The Morgan fingerprint density at radius 3 is 2.76 bits per heavy atom. The predicted octanol–water partition coefficient (Wildman–Crippen LogP) is 2.69. The van der Waals surface area contributed by atoms with Gasteiger partial charge in [-0.2, -0.15) is 9.90 Å². The maximum absolute atomic E-state index is 12.9. The lowest BCUT2D eigenvalue weighted by atomic mass is 10.1. The van der Waals surface area contributed by atoms with Crippen molar-refractivity contribution in [2.75, 3.05) is 26.3 Å². The van der Waals surface area contributed by atoms with Crippen molar-refractivity contribution >= 4 is 5.91 Å². The fourth-order valence-electron chi connectivity index (χ4n) is 3.26. The zero-order chi connectivity index (χ0) is 18.0. The van der Waals surface area contributed by atoms with Crippen LogP contribution in [-0.2, 0) is 4.74 Å². The zero-order valence-electron chi connectivity index (χ0n) is 15.5. The molecule has 1 fully saturated rings. The van der Waals surface area contributed by atoms with Crippen LogP contribution in [0.3, 0.4) is 0 Å². The highest BCUT2D eigenvalue weighted by Gasteiger charge is 2.26. The highest BCUT2D eigenvalue weighted by molar-refractivity contribution is 5.93. The van der Waals surface area contributed by atoms with E-state index < -0.39 is 0 Å². The molecule has 6 nitrogen and oxygen atoms in total. The molecule has 1 aliphatic heterocycles. The smallest absolute Gasteiger partial charge is 0.276 e. The summed E-state index contributed by atoms with van der Waals surface area (Å²) < 4.78 is 5.43. The van der Waals surface area contributed by atoms with Crippen molar-refractivity contribution < 1.29 is 9.53 Å². The second-order valence-electron chi connectivity index (χ2n) is 6.79. The van der Waals surface area contributed by atoms with Gasteiger partial charge in [-0.1, -0.05) is 17.7 Å². The summed E-state index contributed by atoms with van der Waals surface area (Å²) in [6.07, 6.45) is 1.01. The van der Waals surface area contributed by atoms with Gasteiger partial charge in [0.25, 0.3) is 5.91 Å². The number of aromatic nitrogens is 3. The summed E-state index contributed by atoms with van der Waals surface area (Å²) in [5.74, 6) is 0.363. The van der Waals surface area contributed by atoms with Crippen LogP contribution in [0.5, 0.6) is 0 Å². The van der Waals surface area contributed by atoms with E-state index in [0.717, 1.165) is 30.9 Å². The van der Waals surface area contributed by atoms with Crippen LogP contribution < -0.4 is 0 Å². The molecule has 1 unspecified atom stereocenters. The van der Waals surface area contributed by atoms with E-state index in [9.17, 15) is 4.79 Å². The van der Waals surface area contributed by atoms with Gasteiger partial charge in [0.2, 0.25) is 0 Å². The third-order valence-electron chi connectivity index (χ3n) is 4.72. The minimum absolute atomic E-state index is 0.0529. The molecule has 25 heavy (non-hydrogen) atoms.